The van der Waals surface area contributed by atoms with Gasteiger partial charge in [-0.25, -0.2) is 4.39 Å². The average molecular weight is 296 g/mol. The van der Waals surface area contributed by atoms with Crippen molar-refractivity contribution in [3.8, 4) is 11.1 Å². The summed E-state index contributed by atoms with van der Waals surface area (Å²) in [5.41, 5.74) is 7.90. The predicted octanol–water partition coefficient (Wildman–Crippen LogP) is 3.36. The van der Waals surface area contributed by atoms with Crippen molar-refractivity contribution in [2.75, 3.05) is 5.73 Å². The summed E-state index contributed by atoms with van der Waals surface area (Å²) in [6, 6.07) is 14.8. The Morgan fingerprint density at radius 2 is 1.86 bits per heavy atom. The second-order valence-corrected chi connectivity index (χ2v) is 5.28. The van der Waals surface area contributed by atoms with Crippen LogP contribution in [0, 0.1) is 5.82 Å². The molecule has 1 unspecified atom stereocenters. The lowest BCUT2D eigenvalue weighted by atomic mass is 9.96. The number of aryl methyl sites for hydroxylation is 1. The fraction of sp³-hybridized carbons (Fsp3) is 0.176. The Hall–Kier alpha value is -2.69. The van der Waals surface area contributed by atoms with Crippen LogP contribution >= 0.6 is 0 Å². The summed E-state index contributed by atoms with van der Waals surface area (Å²) >= 11 is 0. The van der Waals surface area contributed by atoms with E-state index in [1.54, 1.807) is 23.9 Å². The van der Waals surface area contributed by atoms with Gasteiger partial charge in [0, 0.05) is 18.5 Å². The zero-order valence-corrected chi connectivity index (χ0v) is 12.5. The van der Waals surface area contributed by atoms with Gasteiger partial charge in [-0.15, -0.1) is 5.10 Å². The molecule has 0 aliphatic rings. The maximum Gasteiger partial charge on any atom is 0.239 e. The van der Waals surface area contributed by atoms with Gasteiger partial charge >= 0.3 is 0 Å². The summed E-state index contributed by atoms with van der Waals surface area (Å²) in [4.78, 5) is 4.20. The molecule has 4 nitrogen and oxygen atoms in total. The molecule has 112 valence electrons. The summed E-state index contributed by atoms with van der Waals surface area (Å²) in [5, 5.41) is 4.03. The third-order valence-electron chi connectivity index (χ3n) is 3.78. The first-order valence-corrected chi connectivity index (χ1v) is 7.07. The molecule has 5 heteroatoms. The predicted molar refractivity (Wildman–Crippen MR) is 84.8 cm³/mol. The number of nitrogens with zero attached hydrogens (tertiary/aromatic N) is 3. The second kappa shape index (κ2) is 5.60. The summed E-state index contributed by atoms with van der Waals surface area (Å²) < 4.78 is 16.1. The minimum Gasteiger partial charge on any atom is -0.366 e. The summed E-state index contributed by atoms with van der Waals surface area (Å²) in [5.74, 6) is 0.606. The molecule has 3 rings (SSSR count). The fourth-order valence-corrected chi connectivity index (χ4v) is 2.60. The molecule has 0 radical (unpaired) electrons. The van der Waals surface area contributed by atoms with Gasteiger partial charge in [0.25, 0.3) is 0 Å². The number of hydrogen-bond donors (Lipinski definition) is 1. The molecule has 3 aromatic rings. The minimum absolute atomic E-state index is 0.0888. The Morgan fingerprint density at radius 1 is 1.14 bits per heavy atom. The number of anilines is 1. The smallest absolute Gasteiger partial charge is 0.239 e. The van der Waals surface area contributed by atoms with Gasteiger partial charge in [-0.2, -0.15) is 4.98 Å². The lowest BCUT2D eigenvalue weighted by Gasteiger charge is -2.12. The van der Waals surface area contributed by atoms with Crippen LogP contribution in [-0.2, 0) is 7.05 Å². The van der Waals surface area contributed by atoms with E-state index in [9.17, 15) is 4.39 Å². The van der Waals surface area contributed by atoms with Gasteiger partial charge in [0.05, 0.1) is 0 Å². The van der Waals surface area contributed by atoms with Crippen molar-refractivity contribution < 1.29 is 4.39 Å². The standard InChI is InChI=1S/C17H17FN4/c1-11(16-20-17(19)21-22(16)2)13-8-9-14(15(18)10-13)12-6-4-3-5-7-12/h3-11H,1-2H3,(H2,19,21). The van der Waals surface area contributed by atoms with E-state index in [2.05, 4.69) is 10.1 Å². The van der Waals surface area contributed by atoms with Crippen LogP contribution in [0.1, 0.15) is 24.2 Å². The number of nitrogens with two attached hydrogens (primary N) is 1. The monoisotopic (exact) mass is 296 g/mol. The Balaban J connectivity index is 1.97. The number of nitrogen functional groups attached to an aromatic ring is 1. The Morgan fingerprint density at radius 3 is 2.45 bits per heavy atom. The highest BCUT2D eigenvalue weighted by atomic mass is 19.1. The van der Waals surface area contributed by atoms with Crippen molar-refractivity contribution in [1.29, 1.82) is 0 Å². The van der Waals surface area contributed by atoms with E-state index in [0.29, 0.717) is 11.4 Å². The van der Waals surface area contributed by atoms with Crippen LogP contribution in [-0.4, -0.2) is 14.8 Å². The molecular weight excluding hydrogens is 279 g/mol. The van der Waals surface area contributed by atoms with Crippen LogP contribution in [0.15, 0.2) is 48.5 Å². The fourth-order valence-electron chi connectivity index (χ4n) is 2.60. The van der Waals surface area contributed by atoms with Crippen molar-refractivity contribution in [2.45, 2.75) is 12.8 Å². The van der Waals surface area contributed by atoms with E-state index in [-0.39, 0.29) is 17.7 Å². The first-order valence-electron chi connectivity index (χ1n) is 7.07. The molecule has 1 aromatic heterocycles. The van der Waals surface area contributed by atoms with E-state index in [4.69, 9.17) is 5.73 Å². The van der Waals surface area contributed by atoms with Gasteiger partial charge < -0.3 is 5.73 Å². The van der Waals surface area contributed by atoms with Gasteiger partial charge in [0.2, 0.25) is 5.95 Å². The van der Waals surface area contributed by atoms with Gasteiger partial charge in [-0.3, -0.25) is 4.68 Å². The largest absolute Gasteiger partial charge is 0.366 e. The molecule has 0 bridgehead atoms. The zero-order valence-electron chi connectivity index (χ0n) is 12.5. The Labute approximate surface area is 128 Å². The maximum atomic E-state index is 14.5. The van der Waals surface area contributed by atoms with E-state index >= 15 is 0 Å². The molecule has 0 fully saturated rings. The zero-order chi connectivity index (χ0) is 15.7. The van der Waals surface area contributed by atoms with Crippen molar-refractivity contribution in [1.82, 2.24) is 14.8 Å². The highest BCUT2D eigenvalue weighted by molar-refractivity contribution is 5.64. The van der Waals surface area contributed by atoms with Crippen LogP contribution in [0.4, 0.5) is 10.3 Å². The molecule has 1 heterocycles. The molecule has 1 atom stereocenters. The molecule has 0 aliphatic carbocycles. The topological polar surface area (TPSA) is 56.7 Å². The van der Waals surface area contributed by atoms with Crippen LogP contribution in [0.3, 0.4) is 0 Å². The molecule has 0 aliphatic heterocycles. The molecule has 22 heavy (non-hydrogen) atoms. The number of hydrogen-bond acceptors (Lipinski definition) is 3. The SMILES string of the molecule is CC(c1ccc(-c2ccccc2)c(F)c1)c1nc(N)nn1C. The highest BCUT2D eigenvalue weighted by Gasteiger charge is 2.17. The molecule has 0 spiro atoms. The Bertz CT molecular complexity index is 796. The molecule has 0 saturated heterocycles. The van der Waals surface area contributed by atoms with Crippen molar-refractivity contribution in [3.05, 3.63) is 65.7 Å². The summed E-state index contributed by atoms with van der Waals surface area (Å²) in [7, 11) is 1.78. The third-order valence-corrected chi connectivity index (χ3v) is 3.78. The molecule has 0 amide bonds. The van der Waals surface area contributed by atoms with Gasteiger partial charge in [-0.1, -0.05) is 49.4 Å². The summed E-state index contributed by atoms with van der Waals surface area (Å²) in [6.45, 7) is 1.96. The normalized spacial score (nSPS) is 12.3. The summed E-state index contributed by atoms with van der Waals surface area (Å²) in [6.07, 6.45) is 0. The quantitative estimate of drug-likeness (QED) is 0.806. The van der Waals surface area contributed by atoms with E-state index in [0.717, 1.165) is 11.1 Å². The average Bonchev–Trinajstić information content (AvgIpc) is 2.86. The minimum atomic E-state index is -0.245. The molecule has 0 saturated carbocycles. The van der Waals surface area contributed by atoms with Crippen molar-refractivity contribution in [2.24, 2.45) is 7.05 Å². The number of rotatable bonds is 3. The van der Waals surface area contributed by atoms with Gasteiger partial charge in [0.1, 0.15) is 11.6 Å². The van der Waals surface area contributed by atoms with Crippen molar-refractivity contribution in [3.63, 3.8) is 0 Å². The van der Waals surface area contributed by atoms with Gasteiger partial charge in [-0.05, 0) is 17.2 Å². The number of aromatic nitrogens is 3. The van der Waals surface area contributed by atoms with Crippen LogP contribution in [0.5, 0.6) is 0 Å². The van der Waals surface area contributed by atoms with E-state index in [1.165, 1.54) is 0 Å². The van der Waals surface area contributed by atoms with Crippen molar-refractivity contribution >= 4 is 5.95 Å². The first kappa shape index (κ1) is 14.3. The molecule has 2 N–H and O–H groups in total. The van der Waals surface area contributed by atoms with E-state index in [1.807, 2.05) is 43.3 Å². The van der Waals surface area contributed by atoms with Crippen LogP contribution < -0.4 is 5.73 Å². The van der Waals surface area contributed by atoms with E-state index < -0.39 is 0 Å². The number of halogens is 1. The number of benzene rings is 2. The van der Waals surface area contributed by atoms with Crippen LogP contribution in [0.25, 0.3) is 11.1 Å². The highest BCUT2D eigenvalue weighted by Crippen LogP contribution is 2.28. The second-order valence-electron chi connectivity index (χ2n) is 5.28. The Kier molecular flexibility index (Phi) is 3.63. The lowest BCUT2D eigenvalue weighted by Crippen LogP contribution is -2.06. The molecule has 2 aromatic carbocycles. The lowest BCUT2D eigenvalue weighted by molar-refractivity contribution is 0.623. The third kappa shape index (κ3) is 2.57. The van der Waals surface area contributed by atoms with Gasteiger partial charge in [0.15, 0.2) is 0 Å². The maximum absolute atomic E-state index is 14.5. The first-order chi connectivity index (χ1) is 10.6. The van der Waals surface area contributed by atoms with Crippen LogP contribution in [0.2, 0.25) is 0 Å². The molecular formula is C17H17FN4.